The van der Waals surface area contributed by atoms with Gasteiger partial charge >= 0.3 is 0 Å². The van der Waals surface area contributed by atoms with Gasteiger partial charge in [-0.15, -0.1) is 0 Å². The third-order valence-electron chi connectivity index (χ3n) is 7.86. The van der Waals surface area contributed by atoms with Crippen LogP contribution < -0.4 is 0 Å². The van der Waals surface area contributed by atoms with Crippen molar-refractivity contribution in [1.29, 1.82) is 0 Å². The number of para-hydroxylation sites is 3. The lowest BCUT2D eigenvalue weighted by atomic mass is 10.0. The summed E-state index contributed by atoms with van der Waals surface area (Å²) in [7, 11) is 0. The number of fused-ring (bicyclic) bond motifs is 6. The highest BCUT2D eigenvalue weighted by Crippen LogP contribution is 2.39. The first-order chi connectivity index (χ1) is 19.7. The lowest BCUT2D eigenvalue weighted by Crippen LogP contribution is -1.98. The van der Waals surface area contributed by atoms with E-state index in [1.54, 1.807) is 0 Å². The fourth-order valence-corrected chi connectivity index (χ4v) is 6.98. The van der Waals surface area contributed by atoms with Crippen molar-refractivity contribution in [1.82, 2.24) is 9.13 Å². The van der Waals surface area contributed by atoms with Gasteiger partial charge in [-0.1, -0.05) is 78.9 Å². The predicted molar refractivity (Wildman–Crippen MR) is 176 cm³/mol. The molecule has 8 aromatic rings. The minimum absolute atomic E-state index is 1.05. The van der Waals surface area contributed by atoms with Crippen LogP contribution >= 0.6 is 31.9 Å². The van der Waals surface area contributed by atoms with Crippen LogP contribution in [0.3, 0.4) is 0 Å². The summed E-state index contributed by atoms with van der Waals surface area (Å²) in [6.07, 6.45) is 0. The lowest BCUT2D eigenvalue weighted by molar-refractivity contribution is 1.13. The third-order valence-corrected chi connectivity index (χ3v) is 9.91. The molecule has 2 nitrogen and oxygen atoms in total. The van der Waals surface area contributed by atoms with E-state index in [9.17, 15) is 0 Å². The molecular formula is C36H22Br2N2. The molecule has 8 rings (SSSR count). The normalized spacial score (nSPS) is 11.8. The topological polar surface area (TPSA) is 9.86 Å². The highest BCUT2D eigenvalue weighted by atomic mass is 79.9. The summed E-state index contributed by atoms with van der Waals surface area (Å²) in [5.74, 6) is 0. The molecule has 6 aromatic carbocycles. The number of benzene rings is 6. The average molecular weight is 642 g/mol. The highest BCUT2D eigenvalue weighted by molar-refractivity contribution is 9.13. The first-order valence-corrected chi connectivity index (χ1v) is 14.8. The third kappa shape index (κ3) is 3.53. The molecule has 0 aliphatic carbocycles. The van der Waals surface area contributed by atoms with E-state index in [0.717, 1.165) is 20.3 Å². The molecule has 0 spiro atoms. The van der Waals surface area contributed by atoms with Gasteiger partial charge < -0.3 is 9.13 Å². The van der Waals surface area contributed by atoms with Crippen molar-refractivity contribution in [2.75, 3.05) is 0 Å². The van der Waals surface area contributed by atoms with E-state index in [4.69, 9.17) is 0 Å². The second-order valence-electron chi connectivity index (χ2n) is 10.1. The fraction of sp³-hybridized carbons (Fsp3) is 0. The second-order valence-corrected chi connectivity index (χ2v) is 11.7. The molecule has 0 aliphatic rings. The summed E-state index contributed by atoms with van der Waals surface area (Å²) in [5, 5.41) is 5.02. The Hall–Kier alpha value is -4.12. The molecule has 0 radical (unpaired) electrons. The molecule has 2 aromatic heterocycles. The van der Waals surface area contributed by atoms with Crippen LogP contribution in [0.1, 0.15) is 0 Å². The summed E-state index contributed by atoms with van der Waals surface area (Å²) in [6, 6.07) is 48.0. The summed E-state index contributed by atoms with van der Waals surface area (Å²) in [6.45, 7) is 0. The van der Waals surface area contributed by atoms with Gasteiger partial charge in [0.2, 0.25) is 0 Å². The molecule has 2 heterocycles. The van der Waals surface area contributed by atoms with Crippen LogP contribution in [0.4, 0.5) is 0 Å². The van der Waals surface area contributed by atoms with Gasteiger partial charge in [0, 0.05) is 41.9 Å². The summed E-state index contributed by atoms with van der Waals surface area (Å²) in [4.78, 5) is 0. The molecule has 0 atom stereocenters. The van der Waals surface area contributed by atoms with E-state index in [1.807, 2.05) is 0 Å². The Balaban J connectivity index is 1.38. The summed E-state index contributed by atoms with van der Waals surface area (Å²) in [5.41, 5.74) is 9.46. The number of nitrogens with zero attached hydrogens (tertiary/aromatic N) is 2. The summed E-state index contributed by atoms with van der Waals surface area (Å²) >= 11 is 7.45. The number of hydrogen-bond donors (Lipinski definition) is 0. The SMILES string of the molecule is Brc1cccc(-c2ccc3c(c2)c2ccccc2n3-c2cccc(-n3c4ccccc4c4ccccc43)c2)c1Br. The molecule has 0 unspecified atom stereocenters. The van der Waals surface area contributed by atoms with Crippen molar-refractivity contribution in [3.63, 3.8) is 0 Å². The average Bonchev–Trinajstić information content (AvgIpc) is 3.51. The Kier molecular flexibility index (Phi) is 5.48. The smallest absolute Gasteiger partial charge is 0.0541 e. The largest absolute Gasteiger partial charge is 0.309 e. The van der Waals surface area contributed by atoms with E-state index in [-0.39, 0.29) is 0 Å². The number of halogens is 2. The van der Waals surface area contributed by atoms with Crippen molar-refractivity contribution in [2.45, 2.75) is 0 Å². The van der Waals surface area contributed by atoms with Crippen molar-refractivity contribution in [3.05, 3.63) is 142 Å². The summed E-state index contributed by atoms with van der Waals surface area (Å²) < 4.78 is 6.89. The molecule has 4 heteroatoms. The van der Waals surface area contributed by atoms with E-state index in [2.05, 4.69) is 174 Å². The van der Waals surface area contributed by atoms with Gasteiger partial charge in [-0.3, -0.25) is 0 Å². The molecule has 0 bridgehead atoms. The van der Waals surface area contributed by atoms with Gasteiger partial charge in [-0.2, -0.15) is 0 Å². The highest BCUT2D eigenvalue weighted by Gasteiger charge is 2.16. The van der Waals surface area contributed by atoms with Crippen LogP contribution in [0, 0.1) is 0 Å². The van der Waals surface area contributed by atoms with Gasteiger partial charge in [0.25, 0.3) is 0 Å². The van der Waals surface area contributed by atoms with Gasteiger partial charge in [-0.25, -0.2) is 0 Å². The van der Waals surface area contributed by atoms with Gasteiger partial charge in [0.15, 0.2) is 0 Å². The molecule has 0 amide bonds. The molecule has 0 saturated carbocycles. The zero-order chi connectivity index (χ0) is 26.8. The fourth-order valence-electron chi connectivity index (χ4n) is 6.12. The first kappa shape index (κ1) is 23.7. The van der Waals surface area contributed by atoms with E-state index >= 15 is 0 Å². The van der Waals surface area contributed by atoms with E-state index < -0.39 is 0 Å². The van der Waals surface area contributed by atoms with Crippen LogP contribution in [0.25, 0.3) is 66.1 Å². The Bertz CT molecular complexity index is 2200. The minimum Gasteiger partial charge on any atom is -0.309 e. The monoisotopic (exact) mass is 640 g/mol. The van der Waals surface area contributed by atoms with Gasteiger partial charge in [-0.05, 0) is 97.6 Å². The maximum atomic E-state index is 3.78. The molecule has 0 saturated heterocycles. The first-order valence-electron chi connectivity index (χ1n) is 13.3. The molecular weight excluding hydrogens is 620 g/mol. The zero-order valence-corrected chi connectivity index (χ0v) is 24.5. The van der Waals surface area contributed by atoms with Crippen LogP contribution in [0.2, 0.25) is 0 Å². The maximum absolute atomic E-state index is 3.78. The minimum atomic E-state index is 1.05. The van der Waals surface area contributed by atoms with Crippen molar-refractivity contribution in [3.8, 4) is 22.5 Å². The van der Waals surface area contributed by atoms with Crippen LogP contribution in [0.5, 0.6) is 0 Å². The van der Waals surface area contributed by atoms with E-state index in [0.29, 0.717) is 0 Å². The van der Waals surface area contributed by atoms with Crippen molar-refractivity contribution < 1.29 is 0 Å². The van der Waals surface area contributed by atoms with Gasteiger partial charge in [0.1, 0.15) is 0 Å². The Morgan fingerprint density at radius 2 is 0.900 bits per heavy atom. The van der Waals surface area contributed by atoms with Gasteiger partial charge in [0.05, 0.1) is 22.1 Å². The lowest BCUT2D eigenvalue weighted by Gasteiger charge is -2.13. The molecule has 0 N–H and O–H groups in total. The van der Waals surface area contributed by atoms with Crippen molar-refractivity contribution in [2.24, 2.45) is 0 Å². The van der Waals surface area contributed by atoms with E-state index in [1.165, 1.54) is 54.7 Å². The van der Waals surface area contributed by atoms with Crippen LogP contribution in [0.15, 0.2) is 142 Å². The number of hydrogen-bond acceptors (Lipinski definition) is 0. The maximum Gasteiger partial charge on any atom is 0.0541 e. The molecule has 0 aliphatic heterocycles. The predicted octanol–water partition coefficient (Wildman–Crippen LogP) is 11.1. The number of rotatable bonds is 3. The second kappa shape index (κ2) is 9.22. The Morgan fingerprint density at radius 3 is 1.50 bits per heavy atom. The Morgan fingerprint density at radius 1 is 0.400 bits per heavy atom. The standard InChI is InChI=1S/C36H22Br2N2/c37-31-15-8-14-26(36(31)38)23-19-20-35-30(21-23)29-13-3-6-18-34(29)40(35)25-10-7-9-24(22-25)39-32-16-4-1-11-27(32)28-12-2-5-17-33(28)39/h1-22H. The molecule has 190 valence electrons. The van der Waals surface area contributed by atoms with Crippen LogP contribution in [-0.4, -0.2) is 9.13 Å². The Labute approximate surface area is 248 Å². The molecule has 0 fully saturated rings. The van der Waals surface area contributed by atoms with Crippen molar-refractivity contribution >= 4 is 75.5 Å². The van der Waals surface area contributed by atoms with Crippen LogP contribution in [-0.2, 0) is 0 Å². The number of aromatic nitrogens is 2. The quantitative estimate of drug-likeness (QED) is 0.182. The zero-order valence-electron chi connectivity index (χ0n) is 21.4. The molecule has 40 heavy (non-hydrogen) atoms.